The predicted molar refractivity (Wildman–Crippen MR) is 138 cm³/mol. The molecule has 1 aliphatic heterocycles. The average Bonchev–Trinajstić information content (AvgIpc) is 3.37. The number of nitrogens with one attached hydrogen (secondary N) is 1. The van der Waals surface area contributed by atoms with Crippen LogP contribution >= 0.6 is 0 Å². The van der Waals surface area contributed by atoms with Crippen LogP contribution in [-0.4, -0.2) is 31.7 Å². The van der Waals surface area contributed by atoms with Crippen molar-refractivity contribution in [1.29, 1.82) is 0 Å². The molecule has 1 N–H and O–H groups in total. The third-order valence-electron chi connectivity index (χ3n) is 8.02. The molecule has 1 unspecified atom stereocenters. The summed E-state index contributed by atoms with van der Waals surface area (Å²) in [5, 5.41) is 14.2. The molecule has 2 aromatic carbocycles. The van der Waals surface area contributed by atoms with Crippen molar-refractivity contribution in [3.8, 4) is 0 Å². The van der Waals surface area contributed by atoms with Gasteiger partial charge in [0.25, 0.3) is 5.56 Å². The standard InChI is InChI=1S/C28H32N6O/c1-18-14-15-21-17-23(28(35)29-25(21)19(18)2)26(33-16-8-10-20-9-6-7-13-24(20)33)27-30-31-32-34(27)22-11-4-3-5-12-22/h6-7,9,13-15,17,22,26H,3-5,8,10-12,16H2,1-2H3,(H,29,35). The molecule has 1 fully saturated rings. The van der Waals surface area contributed by atoms with Crippen molar-refractivity contribution in [3.63, 3.8) is 0 Å². The van der Waals surface area contributed by atoms with E-state index in [0.29, 0.717) is 5.56 Å². The van der Waals surface area contributed by atoms with Crippen LogP contribution in [0.2, 0.25) is 0 Å². The Morgan fingerprint density at radius 3 is 2.71 bits per heavy atom. The molecular weight excluding hydrogens is 436 g/mol. The molecule has 4 aromatic rings. The molecule has 35 heavy (non-hydrogen) atoms. The predicted octanol–water partition coefficient (Wildman–Crippen LogP) is 5.18. The van der Waals surface area contributed by atoms with Crippen molar-refractivity contribution in [2.45, 2.75) is 70.9 Å². The number of aryl methyl sites for hydroxylation is 3. The van der Waals surface area contributed by atoms with Crippen molar-refractivity contribution in [3.05, 3.63) is 80.9 Å². The minimum Gasteiger partial charge on any atom is -0.357 e. The van der Waals surface area contributed by atoms with Gasteiger partial charge in [-0.25, -0.2) is 4.68 Å². The number of fused-ring (bicyclic) bond motifs is 2. The second kappa shape index (κ2) is 8.95. The van der Waals surface area contributed by atoms with E-state index in [4.69, 9.17) is 0 Å². The monoisotopic (exact) mass is 468 g/mol. The Balaban J connectivity index is 1.56. The summed E-state index contributed by atoms with van der Waals surface area (Å²) in [7, 11) is 0. The van der Waals surface area contributed by atoms with Crippen molar-refractivity contribution in [1.82, 2.24) is 25.2 Å². The molecule has 7 nitrogen and oxygen atoms in total. The zero-order valence-electron chi connectivity index (χ0n) is 20.5. The van der Waals surface area contributed by atoms with E-state index in [9.17, 15) is 4.79 Å². The number of aromatic amines is 1. The molecule has 1 atom stereocenters. The van der Waals surface area contributed by atoms with E-state index < -0.39 is 0 Å². The van der Waals surface area contributed by atoms with E-state index in [-0.39, 0.29) is 17.6 Å². The van der Waals surface area contributed by atoms with Crippen LogP contribution in [0.5, 0.6) is 0 Å². The Morgan fingerprint density at radius 2 is 1.86 bits per heavy atom. The van der Waals surface area contributed by atoms with Gasteiger partial charge in [0, 0.05) is 17.8 Å². The lowest BCUT2D eigenvalue weighted by Gasteiger charge is -2.38. The van der Waals surface area contributed by atoms with Gasteiger partial charge in [0.15, 0.2) is 5.82 Å². The molecule has 2 aliphatic rings. The van der Waals surface area contributed by atoms with Gasteiger partial charge in [-0.15, -0.1) is 5.10 Å². The van der Waals surface area contributed by atoms with E-state index in [0.717, 1.165) is 54.5 Å². The first-order valence-corrected chi connectivity index (χ1v) is 12.9. The number of H-pyrrole nitrogens is 1. The molecule has 3 heterocycles. The second-order valence-electron chi connectivity index (χ2n) is 10.1. The van der Waals surface area contributed by atoms with Crippen LogP contribution in [0.3, 0.4) is 0 Å². The van der Waals surface area contributed by atoms with Gasteiger partial charge < -0.3 is 9.88 Å². The summed E-state index contributed by atoms with van der Waals surface area (Å²) in [5.41, 5.74) is 6.29. The highest BCUT2D eigenvalue weighted by molar-refractivity contribution is 5.83. The summed E-state index contributed by atoms with van der Waals surface area (Å²) in [4.78, 5) is 19.3. The molecule has 0 saturated heterocycles. The Kier molecular flexibility index (Phi) is 5.63. The number of benzene rings is 2. The van der Waals surface area contributed by atoms with E-state index in [2.05, 4.69) is 81.7 Å². The number of para-hydroxylation sites is 1. The Morgan fingerprint density at radius 1 is 1.03 bits per heavy atom. The van der Waals surface area contributed by atoms with Gasteiger partial charge >= 0.3 is 0 Å². The van der Waals surface area contributed by atoms with Gasteiger partial charge in [0.2, 0.25) is 0 Å². The minimum atomic E-state index is -0.358. The molecule has 1 aliphatic carbocycles. The first kappa shape index (κ1) is 22.0. The molecule has 180 valence electrons. The molecule has 1 saturated carbocycles. The fraction of sp³-hybridized carbons (Fsp3) is 0.429. The van der Waals surface area contributed by atoms with Crippen LogP contribution in [0.4, 0.5) is 5.69 Å². The lowest BCUT2D eigenvalue weighted by molar-refractivity contribution is 0.313. The highest BCUT2D eigenvalue weighted by atomic mass is 16.1. The van der Waals surface area contributed by atoms with E-state index in [1.54, 1.807) is 0 Å². The summed E-state index contributed by atoms with van der Waals surface area (Å²) in [6, 6.07) is 14.7. The molecule has 2 aromatic heterocycles. The number of rotatable bonds is 4. The van der Waals surface area contributed by atoms with Crippen molar-refractivity contribution in [2.24, 2.45) is 0 Å². The third kappa shape index (κ3) is 3.83. The van der Waals surface area contributed by atoms with Crippen LogP contribution in [-0.2, 0) is 6.42 Å². The molecule has 0 radical (unpaired) electrons. The Hall–Kier alpha value is -3.48. The number of hydrogen-bond donors (Lipinski definition) is 1. The van der Waals surface area contributed by atoms with Crippen molar-refractivity contribution in [2.75, 3.05) is 11.4 Å². The van der Waals surface area contributed by atoms with E-state index in [1.807, 2.05) is 4.68 Å². The maximum absolute atomic E-state index is 13.7. The Labute approximate surface area is 205 Å². The van der Waals surface area contributed by atoms with Crippen LogP contribution < -0.4 is 10.5 Å². The molecular formula is C28H32N6O. The first-order valence-electron chi connectivity index (χ1n) is 12.9. The molecule has 0 amide bonds. The lowest BCUT2D eigenvalue weighted by Crippen LogP contribution is -2.39. The fourth-order valence-corrected chi connectivity index (χ4v) is 5.99. The van der Waals surface area contributed by atoms with Crippen LogP contribution in [0.25, 0.3) is 10.9 Å². The number of pyridine rings is 1. The SMILES string of the molecule is Cc1ccc2cc(C(c3nnnn3C3CCCCC3)N3CCCc4ccccc43)c(=O)[nH]c2c1C. The summed E-state index contributed by atoms with van der Waals surface area (Å²) in [5.74, 6) is 0.766. The van der Waals surface area contributed by atoms with Gasteiger partial charge in [-0.2, -0.15) is 0 Å². The Bertz CT molecular complexity index is 1430. The van der Waals surface area contributed by atoms with Gasteiger partial charge in [-0.3, -0.25) is 4.79 Å². The maximum Gasteiger partial charge on any atom is 0.254 e. The van der Waals surface area contributed by atoms with Crippen LogP contribution in [0.15, 0.2) is 47.3 Å². The minimum absolute atomic E-state index is 0.0718. The molecule has 0 bridgehead atoms. The maximum atomic E-state index is 13.7. The second-order valence-corrected chi connectivity index (χ2v) is 10.1. The number of hydrogen-bond acceptors (Lipinski definition) is 5. The van der Waals surface area contributed by atoms with Crippen molar-refractivity contribution >= 4 is 16.6 Å². The highest BCUT2D eigenvalue weighted by Gasteiger charge is 2.34. The fourth-order valence-electron chi connectivity index (χ4n) is 5.99. The average molecular weight is 469 g/mol. The first-order chi connectivity index (χ1) is 17.1. The largest absolute Gasteiger partial charge is 0.357 e. The summed E-state index contributed by atoms with van der Waals surface area (Å²) >= 11 is 0. The number of tetrazole rings is 1. The topological polar surface area (TPSA) is 79.7 Å². The molecule has 6 rings (SSSR count). The van der Waals surface area contributed by atoms with Gasteiger partial charge in [-0.1, -0.05) is 49.6 Å². The van der Waals surface area contributed by atoms with Crippen LogP contribution in [0.1, 0.15) is 78.7 Å². The third-order valence-corrected chi connectivity index (χ3v) is 8.02. The van der Waals surface area contributed by atoms with Gasteiger partial charge in [0.05, 0.1) is 11.6 Å². The molecule has 7 heteroatoms. The normalized spacial score (nSPS) is 17.5. The quantitative estimate of drug-likeness (QED) is 0.446. The van der Waals surface area contributed by atoms with E-state index in [1.165, 1.54) is 36.1 Å². The summed E-state index contributed by atoms with van der Waals surface area (Å²) in [6.45, 7) is 4.99. The zero-order chi connectivity index (χ0) is 23.9. The van der Waals surface area contributed by atoms with Crippen LogP contribution in [0, 0.1) is 13.8 Å². The van der Waals surface area contributed by atoms with Crippen molar-refractivity contribution < 1.29 is 0 Å². The van der Waals surface area contributed by atoms with Gasteiger partial charge in [0.1, 0.15) is 6.04 Å². The number of aromatic nitrogens is 5. The highest BCUT2D eigenvalue weighted by Crippen LogP contribution is 2.38. The number of nitrogens with zero attached hydrogens (tertiary/aromatic N) is 5. The lowest BCUT2D eigenvalue weighted by atomic mass is 9.93. The molecule has 0 spiro atoms. The smallest absolute Gasteiger partial charge is 0.254 e. The number of anilines is 1. The van der Waals surface area contributed by atoms with Gasteiger partial charge in [-0.05, 0) is 84.2 Å². The zero-order valence-corrected chi connectivity index (χ0v) is 20.5. The van der Waals surface area contributed by atoms with E-state index >= 15 is 0 Å². The summed E-state index contributed by atoms with van der Waals surface area (Å²) in [6.07, 6.45) is 7.87. The summed E-state index contributed by atoms with van der Waals surface area (Å²) < 4.78 is 2.02.